The summed E-state index contributed by atoms with van der Waals surface area (Å²) in [6.07, 6.45) is 1.52. The van der Waals surface area contributed by atoms with Crippen molar-refractivity contribution in [3.8, 4) is 17.1 Å². The molecule has 2 N–H and O–H groups in total. The van der Waals surface area contributed by atoms with Gasteiger partial charge in [0.15, 0.2) is 5.82 Å². The van der Waals surface area contributed by atoms with E-state index in [1.165, 1.54) is 17.5 Å². The summed E-state index contributed by atoms with van der Waals surface area (Å²) in [4.78, 5) is 4.20. The third-order valence-corrected chi connectivity index (χ3v) is 4.15. The second-order valence-electron chi connectivity index (χ2n) is 5.87. The quantitative estimate of drug-likeness (QED) is 0.727. The first-order valence-corrected chi connectivity index (χ1v) is 8.00. The summed E-state index contributed by atoms with van der Waals surface area (Å²) in [5, 5.41) is 10.4. The van der Waals surface area contributed by atoms with Gasteiger partial charge >= 0.3 is 0 Å². The van der Waals surface area contributed by atoms with Crippen LogP contribution in [0, 0.1) is 6.92 Å². The van der Waals surface area contributed by atoms with Crippen LogP contribution in [0.25, 0.3) is 11.4 Å². The van der Waals surface area contributed by atoms with Gasteiger partial charge < -0.3 is 10.1 Å². The Morgan fingerprint density at radius 1 is 1.21 bits per heavy atom. The van der Waals surface area contributed by atoms with Crippen LogP contribution in [0.4, 0.5) is 0 Å². The number of ether oxygens (including phenoxy) is 1. The molecule has 1 heterocycles. The lowest BCUT2D eigenvalue weighted by Crippen LogP contribution is -2.18. The second-order valence-corrected chi connectivity index (χ2v) is 5.87. The van der Waals surface area contributed by atoms with Crippen LogP contribution in [-0.2, 0) is 6.54 Å². The molecule has 1 aromatic heterocycles. The molecule has 3 aromatic rings. The van der Waals surface area contributed by atoms with Crippen molar-refractivity contribution in [2.75, 3.05) is 7.11 Å². The summed E-state index contributed by atoms with van der Waals surface area (Å²) in [7, 11) is 1.70. The van der Waals surface area contributed by atoms with E-state index in [1.54, 1.807) is 7.11 Å². The minimum atomic E-state index is 0.253. The number of hydrogen-bond acceptors (Lipinski definition) is 4. The first-order valence-electron chi connectivity index (χ1n) is 8.00. The van der Waals surface area contributed by atoms with Crippen LogP contribution in [0.2, 0.25) is 0 Å². The number of rotatable bonds is 6. The summed E-state index contributed by atoms with van der Waals surface area (Å²) in [5.41, 5.74) is 4.65. The number of nitrogens with zero attached hydrogens (tertiary/aromatic N) is 2. The molecule has 0 saturated heterocycles. The average Bonchev–Trinajstić information content (AvgIpc) is 3.14. The SMILES string of the molecule is COc1ccc(C(C)NCc2cccc(-c3ncn[nH]3)c2)cc1C. The number of methoxy groups -OCH3 is 1. The molecule has 0 saturated carbocycles. The normalized spacial score (nSPS) is 12.1. The van der Waals surface area contributed by atoms with Crippen LogP contribution in [-0.4, -0.2) is 22.3 Å². The highest BCUT2D eigenvalue weighted by Gasteiger charge is 2.08. The molecule has 5 nitrogen and oxygen atoms in total. The Balaban J connectivity index is 1.67. The van der Waals surface area contributed by atoms with E-state index in [2.05, 4.69) is 58.6 Å². The second kappa shape index (κ2) is 7.27. The van der Waals surface area contributed by atoms with Gasteiger partial charge in [-0.1, -0.05) is 30.3 Å². The molecule has 0 radical (unpaired) electrons. The van der Waals surface area contributed by atoms with Crippen LogP contribution in [0.3, 0.4) is 0 Å². The minimum Gasteiger partial charge on any atom is -0.496 e. The van der Waals surface area contributed by atoms with E-state index in [-0.39, 0.29) is 6.04 Å². The first-order chi connectivity index (χ1) is 11.7. The number of benzene rings is 2. The Morgan fingerprint density at radius 3 is 2.79 bits per heavy atom. The maximum Gasteiger partial charge on any atom is 0.155 e. The molecular formula is C19H22N4O. The third-order valence-electron chi connectivity index (χ3n) is 4.15. The van der Waals surface area contributed by atoms with Gasteiger partial charge in [0.05, 0.1) is 7.11 Å². The molecule has 3 rings (SSSR count). The van der Waals surface area contributed by atoms with Gasteiger partial charge in [0, 0.05) is 18.2 Å². The van der Waals surface area contributed by atoms with Crippen molar-refractivity contribution >= 4 is 0 Å². The molecule has 0 aliphatic heterocycles. The molecular weight excluding hydrogens is 300 g/mol. The summed E-state index contributed by atoms with van der Waals surface area (Å²) in [5.74, 6) is 1.71. The van der Waals surface area contributed by atoms with Gasteiger partial charge in [-0.25, -0.2) is 4.98 Å². The van der Waals surface area contributed by atoms with Crippen LogP contribution in [0.1, 0.15) is 29.7 Å². The molecule has 2 aromatic carbocycles. The van der Waals surface area contributed by atoms with E-state index >= 15 is 0 Å². The largest absolute Gasteiger partial charge is 0.496 e. The van der Waals surface area contributed by atoms with Crippen molar-refractivity contribution in [1.82, 2.24) is 20.5 Å². The number of H-pyrrole nitrogens is 1. The summed E-state index contributed by atoms with van der Waals surface area (Å²) in [6, 6.07) is 14.8. The Hall–Kier alpha value is -2.66. The van der Waals surface area contributed by atoms with Crippen molar-refractivity contribution in [3.05, 3.63) is 65.5 Å². The number of nitrogens with one attached hydrogen (secondary N) is 2. The lowest BCUT2D eigenvalue weighted by molar-refractivity contribution is 0.411. The topological polar surface area (TPSA) is 62.8 Å². The standard InChI is InChI=1S/C19H22N4O/c1-13-9-16(7-8-18(13)24-3)14(2)20-11-15-5-4-6-17(10-15)19-21-12-22-23-19/h4-10,12,14,20H,11H2,1-3H3,(H,21,22,23). The van der Waals surface area contributed by atoms with Crippen LogP contribution in [0.5, 0.6) is 5.75 Å². The van der Waals surface area contributed by atoms with Gasteiger partial charge in [-0.15, -0.1) is 0 Å². The fraction of sp³-hybridized carbons (Fsp3) is 0.263. The Bertz CT molecular complexity index is 799. The Labute approximate surface area is 142 Å². The van der Waals surface area contributed by atoms with E-state index < -0.39 is 0 Å². The predicted molar refractivity (Wildman–Crippen MR) is 94.8 cm³/mol. The van der Waals surface area contributed by atoms with E-state index in [0.29, 0.717) is 0 Å². The molecule has 5 heteroatoms. The number of hydrogen-bond donors (Lipinski definition) is 2. The maximum absolute atomic E-state index is 5.32. The van der Waals surface area contributed by atoms with E-state index in [9.17, 15) is 0 Å². The van der Waals surface area contributed by atoms with Crippen LogP contribution < -0.4 is 10.1 Å². The zero-order chi connectivity index (χ0) is 16.9. The third kappa shape index (κ3) is 3.63. The maximum atomic E-state index is 5.32. The van der Waals surface area contributed by atoms with E-state index in [4.69, 9.17) is 4.74 Å². The molecule has 0 amide bonds. The van der Waals surface area contributed by atoms with Crippen LogP contribution >= 0.6 is 0 Å². The fourth-order valence-corrected chi connectivity index (χ4v) is 2.73. The number of aromatic amines is 1. The zero-order valence-corrected chi connectivity index (χ0v) is 14.2. The van der Waals surface area contributed by atoms with Gasteiger partial charge in [-0.3, -0.25) is 5.10 Å². The molecule has 0 aliphatic carbocycles. The minimum absolute atomic E-state index is 0.253. The van der Waals surface area contributed by atoms with Gasteiger partial charge in [0.25, 0.3) is 0 Å². The number of aromatic nitrogens is 3. The predicted octanol–water partition coefficient (Wildman–Crippen LogP) is 3.64. The van der Waals surface area contributed by atoms with Gasteiger partial charge in [0.1, 0.15) is 12.1 Å². The molecule has 0 aliphatic rings. The molecule has 1 atom stereocenters. The lowest BCUT2D eigenvalue weighted by atomic mass is 10.0. The summed E-state index contributed by atoms with van der Waals surface area (Å²) < 4.78 is 5.32. The van der Waals surface area contributed by atoms with Gasteiger partial charge in [-0.2, -0.15) is 5.10 Å². The van der Waals surface area contributed by atoms with Gasteiger partial charge in [0.2, 0.25) is 0 Å². The van der Waals surface area contributed by atoms with Crippen molar-refractivity contribution < 1.29 is 4.74 Å². The highest BCUT2D eigenvalue weighted by Crippen LogP contribution is 2.23. The molecule has 0 spiro atoms. The van der Waals surface area contributed by atoms with Crippen molar-refractivity contribution in [2.45, 2.75) is 26.4 Å². The molecule has 1 unspecified atom stereocenters. The summed E-state index contributed by atoms with van der Waals surface area (Å²) >= 11 is 0. The fourth-order valence-electron chi connectivity index (χ4n) is 2.73. The lowest BCUT2D eigenvalue weighted by Gasteiger charge is -2.16. The molecule has 24 heavy (non-hydrogen) atoms. The van der Waals surface area contributed by atoms with Crippen molar-refractivity contribution in [2.24, 2.45) is 0 Å². The van der Waals surface area contributed by atoms with Gasteiger partial charge in [-0.05, 0) is 42.7 Å². The Kier molecular flexibility index (Phi) is 4.91. The van der Waals surface area contributed by atoms with Crippen molar-refractivity contribution in [3.63, 3.8) is 0 Å². The average molecular weight is 322 g/mol. The highest BCUT2D eigenvalue weighted by molar-refractivity contribution is 5.55. The van der Waals surface area contributed by atoms with Crippen LogP contribution in [0.15, 0.2) is 48.8 Å². The molecule has 124 valence electrons. The monoisotopic (exact) mass is 322 g/mol. The first kappa shape index (κ1) is 16.2. The molecule has 0 bridgehead atoms. The zero-order valence-electron chi connectivity index (χ0n) is 14.2. The summed E-state index contributed by atoms with van der Waals surface area (Å²) in [6.45, 7) is 5.02. The molecule has 0 fully saturated rings. The van der Waals surface area contributed by atoms with E-state index in [0.717, 1.165) is 29.2 Å². The Morgan fingerprint density at radius 2 is 2.08 bits per heavy atom. The highest BCUT2D eigenvalue weighted by atomic mass is 16.5. The number of aryl methyl sites for hydroxylation is 1. The smallest absolute Gasteiger partial charge is 0.155 e. The van der Waals surface area contributed by atoms with Crippen molar-refractivity contribution in [1.29, 1.82) is 0 Å². The van der Waals surface area contributed by atoms with E-state index in [1.807, 2.05) is 18.2 Å².